The van der Waals surface area contributed by atoms with Crippen molar-refractivity contribution in [3.05, 3.63) is 24.5 Å². The normalized spacial score (nSPS) is 23.1. The lowest BCUT2D eigenvalue weighted by Gasteiger charge is -2.32. The Hall–Kier alpha value is -2.10. The summed E-state index contributed by atoms with van der Waals surface area (Å²) in [4.78, 5) is 19.0. The Labute approximate surface area is 196 Å². The van der Waals surface area contributed by atoms with Crippen molar-refractivity contribution < 1.29 is 23.6 Å². The summed E-state index contributed by atoms with van der Waals surface area (Å²) in [5, 5.41) is 0. The summed E-state index contributed by atoms with van der Waals surface area (Å²) in [5.74, 6) is 0.101. The fourth-order valence-corrected chi connectivity index (χ4v) is 4.22. The number of para-hydroxylation sites is 1. The van der Waals surface area contributed by atoms with Crippen LogP contribution in [0.1, 0.15) is 48.5 Å². The van der Waals surface area contributed by atoms with E-state index >= 15 is 0 Å². The van der Waals surface area contributed by atoms with Crippen molar-refractivity contribution in [1.82, 2.24) is 14.5 Å². The number of hydrogen-bond acceptors (Lipinski definition) is 6. The number of ether oxygens (including phenoxy) is 2. The van der Waals surface area contributed by atoms with Gasteiger partial charge in [0.15, 0.2) is 0 Å². The second-order valence-corrected chi connectivity index (χ2v) is 11.1. The Morgan fingerprint density at radius 3 is 2.58 bits per heavy atom. The minimum atomic E-state index is -0.530. The molecule has 0 N–H and O–H groups in total. The number of aromatic nitrogens is 2. The highest BCUT2D eigenvalue weighted by molar-refractivity contribution is 6.64. The van der Waals surface area contributed by atoms with Gasteiger partial charge in [0, 0.05) is 31.0 Å². The number of carbonyl (C=O) groups excluding carboxylic acids is 1. The van der Waals surface area contributed by atoms with Gasteiger partial charge in [-0.2, -0.15) is 0 Å². The molecule has 8 nitrogen and oxygen atoms in total. The van der Waals surface area contributed by atoms with Gasteiger partial charge in [0.05, 0.1) is 41.8 Å². The van der Waals surface area contributed by atoms with Crippen molar-refractivity contribution >= 4 is 29.7 Å². The van der Waals surface area contributed by atoms with Gasteiger partial charge in [-0.1, -0.05) is 12.1 Å². The second-order valence-electron chi connectivity index (χ2n) is 11.1. The molecule has 9 heteroatoms. The molecule has 1 amide bonds. The van der Waals surface area contributed by atoms with Gasteiger partial charge < -0.3 is 28.2 Å². The molecule has 0 saturated carbocycles. The fourth-order valence-electron chi connectivity index (χ4n) is 4.22. The van der Waals surface area contributed by atoms with Crippen molar-refractivity contribution in [3.63, 3.8) is 0 Å². The highest BCUT2D eigenvalue weighted by atomic mass is 16.7. The van der Waals surface area contributed by atoms with Crippen molar-refractivity contribution in [2.75, 3.05) is 26.3 Å². The lowest BCUT2D eigenvalue weighted by Crippen LogP contribution is -2.41. The van der Waals surface area contributed by atoms with Crippen LogP contribution in [0.5, 0.6) is 0 Å². The van der Waals surface area contributed by atoms with Crippen LogP contribution in [0.4, 0.5) is 4.79 Å². The molecule has 1 aromatic heterocycles. The molecule has 180 valence electrons. The van der Waals surface area contributed by atoms with Crippen LogP contribution in [-0.4, -0.2) is 70.8 Å². The zero-order valence-corrected chi connectivity index (χ0v) is 20.9. The zero-order chi connectivity index (χ0) is 24.0. The Morgan fingerprint density at radius 1 is 1.21 bits per heavy atom. The summed E-state index contributed by atoms with van der Waals surface area (Å²) in [6.45, 7) is 16.7. The van der Waals surface area contributed by atoms with Crippen molar-refractivity contribution in [2.24, 2.45) is 5.92 Å². The average molecular weight is 457 g/mol. The molecule has 0 radical (unpaired) electrons. The molecule has 0 aliphatic carbocycles. The van der Waals surface area contributed by atoms with Gasteiger partial charge in [-0.3, -0.25) is 0 Å². The number of fused-ring (bicyclic) bond motifs is 1. The van der Waals surface area contributed by atoms with Crippen LogP contribution in [0.25, 0.3) is 11.0 Å². The monoisotopic (exact) mass is 457 g/mol. The minimum Gasteiger partial charge on any atom is -0.444 e. The maximum Gasteiger partial charge on any atom is 0.497 e. The van der Waals surface area contributed by atoms with E-state index in [0.29, 0.717) is 32.8 Å². The SMILES string of the molecule is CC(C)(C)OC(=O)N1CCOCC(Cn2cnc3cccc(B4OC(C)(C)C(C)(C)O4)c32)C1. The Bertz CT molecular complexity index is 997. The summed E-state index contributed by atoms with van der Waals surface area (Å²) in [6.07, 6.45) is 1.55. The zero-order valence-electron chi connectivity index (χ0n) is 20.9. The predicted molar refractivity (Wildman–Crippen MR) is 128 cm³/mol. The topological polar surface area (TPSA) is 75.0 Å². The molecular weight excluding hydrogens is 421 g/mol. The molecule has 2 saturated heterocycles. The molecule has 2 aromatic rings. The largest absolute Gasteiger partial charge is 0.497 e. The van der Waals surface area contributed by atoms with Gasteiger partial charge in [0.25, 0.3) is 0 Å². The van der Waals surface area contributed by atoms with Crippen LogP contribution < -0.4 is 5.46 Å². The Kier molecular flexibility index (Phi) is 6.26. The van der Waals surface area contributed by atoms with Crippen LogP contribution in [-0.2, 0) is 25.3 Å². The molecule has 1 aromatic carbocycles. The number of benzene rings is 1. The first kappa shape index (κ1) is 24.0. The summed E-state index contributed by atoms with van der Waals surface area (Å²) in [5.41, 5.74) is 1.46. The molecule has 2 aliphatic rings. The third kappa shape index (κ3) is 5.05. The van der Waals surface area contributed by atoms with E-state index in [0.717, 1.165) is 16.5 Å². The number of rotatable bonds is 3. The van der Waals surface area contributed by atoms with Crippen molar-refractivity contribution in [2.45, 2.75) is 71.8 Å². The van der Waals surface area contributed by atoms with Gasteiger partial charge in [0.2, 0.25) is 0 Å². The maximum atomic E-state index is 12.7. The molecule has 2 fully saturated rings. The van der Waals surface area contributed by atoms with Gasteiger partial charge in [-0.15, -0.1) is 0 Å². The molecule has 33 heavy (non-hydrogen) atoms. The second kappa shape index (κ2) is 8.60. The van der Waals surface area contributed by atoms with E-state index < -0.39 is 23.9 Å². The van der Waals surface area contributed by atoms with Crippen LogP contribution in [0.15, 0.2) is 24.5 Å². The molecule has 1 unspecified atom stereocenters. The summed E-state index contributed by atoms with van der Waals surface area (Å²) in [7, 11) is -0.474. The third-order valence-electron chi connectivity index (χ3n) is 6.62. The van der Waals surface area contributed by atoms with Crippen molar-refractivity contribution in [3.8, 4) is 0 Å². The highest BCUT2D eigenvalue weighted by Crippen LogP contribution is 2.37. The summed E-state index contributed by atoms with van der Waals surface area (Å²) >= 11 is 0. The van der Waals surface area contributed by atoms with Crippen LogP contribution in [0.2, 0.25) is 0 Å². The average Bonchev–Trinajstić information content (AvgIpc) is 3.07. The van der Waals surface area contributed by atoms with Crippen LogP contribution >= 0.6 is 0 Å². The Morgan fingerprint density at radius 2 is 1.91 bits per heavy atom. The lowest BCUT2D eigenvalue weighted by atomic mass is 9.78. The minimum absolute atomic E-state index is 0.101. The number of imidazole rings is 1. The fraction of sp³-hybridized carbons (Fsp3) is 0.667. The quantitative estimate of drug-likeness (QED) is 0.659. The third-order valence-corrected chi connectivity index (χ3v) is 6.62. The predicted octanol–water partition coefficient (Wildman–Crippen LogP) is 3.22. The van der Waals surface area contributed by atoms with Gasteiger partial charge in [-0.05, 0) is 54.5 Å². The first-order chi connectivity index (χ1) is 15.4. The number of amides is 1. The highest BCUT2D eigenvalue weighted by Gasteiger charge is 2.52. The molecule has 0 spiro atoms. The first-order valence-electron chi connectivity index (χ1n) is 11.7. The summed E-state index contributed by atoms with van der Waals surface area (Å²) in [6, 6.07) is 6.02. The number of hydrogen-bond donors (Lipinski definition) is 0. The smallest absolute Gasteiger partial charge is 0.444 e. The molecule has 1 atom stereocenters. The van der Waals surface area contributed by atoms with E-state index in [1.165, 1.54) is 0 Å². The maximum absolute atomic E-state index is 12.7. The van der Waals surface area contributed by atoms with E-state index in [2.05, 4.69) is 37.2 Å². The molecule has 0 bridgehead atoms. The molecule has 4 rings (SSSR count). The van der Waals surface area contributed by atoms with E-state index in [1.54, 1.807) is 4.90 Å². The number of nitrogens with zero attached hydrogens (tertiary/aromatic N) is 3. The number of carbonyl (C=O) groups is 1. The van der Waals surface area contributed by atoms with E-state index in [1.807, 2.05) is 45.3 Å². The van der Waals surface area contributed by atoms with E-state index in [-0.39, 0.29) is 12.0 Å². The summed E-state index contributed by atoms with van der Waals surface area (Å²) < 4.78 is 26.2. The molecule has 2 aliphatic heterocycles. The van der Waals surface area contributed by atoms with Crippen LogP contribution in [0.3, 0.4) is 0 Å². The first-order valence-corrected chi connectivity index (χ1v) is 11.7. The standard InChI is InChI=1S/C24H36BN3O5/c1-22(2,3)31-21(29)27-11-12-30-15-17(13-27)14-28-16-26-19-10-8-9-18(20(19)28)25-32-23(4,5)24(6,7)33-25/h8-10,16-17H,11-15H2,1-7H3. The van der Waals surface area contributed by atoms with E-state index in [4.69, 9.17) is 18.8 Å². The van der Waals surface area contributed by atoms with Crippen LogP contribution in [0, 0.1) is 5.92 Å². The van der Waals surface area contributed by atoms with Gasteiger partial charge >= 0.3 is 13.2 Å². The van der Waals surface area contributed by atoms with Crippen molar-refractivity contribution in [1.29, 1.82) is 0 Å². The van der Waals surface area contributed by atoms with Gasteiger partial charge in [0.1, 0.15) is 5.60 Å². The molecular formula is C24H36BN3O5. The van der Waals surface area contributed by atoms with E-state index in [9.17, 15) is 4.79 Å². The Balaban J connectivity index is 1.57. The lowest BCUT2D eigenvalue weighted by molar-refractivity contribution is 0.00578. The van der Waals surface area contributed by atoms with Gasteiger partial charge in [-0.25, -0.2) is 9.78 Å². The molecule has 3 heterocycles.